The summed E-state index contributed by atoms with van der Waals surface area (Å²) in [5, 5.41) is 0. The third kappa shape index (κ3) is 3.97. The SMILES string of the molecule is C[C@@H](Oc1ccc(F)cc1)C(=O)NNC(=O)c1ccc2c(c1)OCO2. The predicted octanol–water partition coefficient (Wildman–Crippen LogP) is 1.78. The van der Waals surface area contributed by atoms with Crippen molar-refractivity contribution >= 4 is 11.8 Å². The van der Waals surface area contributed by atoms with Crippen LogP contribution in [0, 0.1) is 5.82 Å². The van der Waals surface area contributed by atoms with Gasteiger partial charge in [0.25, 0.3) is 11.8 Å². The van der Waals surface area contributed by atoms with E-state index in [9.17, 15) is 14.0 Å². The van der Waals surface area contributed by atoms with Gasteiger partial charge in [0.1, 0.15) is 11.6 Å². The Labute approximate surface area is 142 Å². The van der Waals surface area contributed by atoms with Gasteiger partial charge in [-0.1, -0.05) is 0 Å². The number of fused-ring (bicyclic) bond motifs is 1. The lowest BCUT2D eigenvalue weighted by molar-refractivity contribution is -0.128. The Balaban J connectivity index is 1.52. The molecule has 0 saturated heterocycles. The molecule has 0 bridgehead atoms. The normalized spacial score (nSPS) is 13.0. The number of nitrogens with one attached hydrogen (secondary N) is 2. The van der Waals surface area contributed by atoms with Crippen molar-refractivity contribution < 1.29 is 28.2 Å². The average molecular weight is 346 g/mol. The van der Waals surface area contributed by atoms with Crippen LogP contribution in [0.3, 0.4) is 0 Å². The van der Waals surface area contributed by atoms with Gasteiger partial charge in [-0.2, -0.15) is 0 Å². The minimum atomic E-state index is -0.887. The van der Waals surface area contributed by atoms with Gasteiger partial charge in [0, 0.05) is 5.56 Å². The molecule has 2 N–H and O–H groups in total. The molecule has 1 heterocycles. The van der Waals surface area contributed by atoms with Crippen LogP contribution in [0.1, 0.15) is 17.3 Å². The third-order valence-corrected chi connectivity index (χ3v) is 3.43. The second-order valence-corrected chi connectivity index (χ2v) is 5.23. The van der Waals surface area contributed by atoms with Crippen molar-refractivity contribution in [1.29, 1.82) is 0 Å². The van der Waals surface area contributed by atoms with Crippen LogP contribution >= 0.6 is 0 Å². The first-order valence-electron chi connectivity index (χ1n) is 7.45. The van der Waals surface area contributed by atoms with Crippen molar-refractivity contribution in [1.82, 2.24) is 10.9 Å². The van der Waals surface area contributed by atoms with E-state index in [2.05, 4.69) is 10.9 Å². The molecule has 1 atom stereocenters. The summed E-state index contributed by atoms with van der Waals surface area (Å²) < 4.78 is 28.6. The highest BCUT2D eigenvalue weighted by atomic mass is 19.1. The van der Waals surface area contributed by atoms with E-state index in [0.29, 0.717) is 22.8 Å². The first-order valence-corrected chi connectivity index (χ1v) is 7.45. The molecule has 3 rings (SSSR count). The maximum Gasteiger partial charge on any atom is 0.279 e. The Morgan fingerprint density at radius 3 is 2.56 bits per heavy atom. The van der Waals surface area contributed by atoms with Crippen molar-refractivity contribution in [2.45, 2.75) is 13.0 Å². The van der Waals surface area contributed by atoms with E-state index < -0.39 is 23.7 Å². The number of benzene rings is 2. The summed E-state index contributed by atoms with van der Waals surface area (Å²) >= 11 is 0. The lowest BCUT2D eigenvalue weighted by Crippen LogP contribution is -2.47. The predicted molar refractivity (Wildman–Crippen MR) is 84.7 cm³/mol. The summed E-state index contributed by atoms with van der Waals surface area (Å²) in [6.45, 7) is 1.61. The van der Waals surface area contributed by atoms with Crippen LogP contribution in [0.4, 0.5) is 4.39 Å². The van der Waals surface area contributed by atoms with Gasteiger partial charge < -0.3 is 14.2 Å². The maximum absolute atomic E-state index is 12.8. The summed E-state index contributed by atoms with van der Waals surface area (Å²) in [6, 6.07) is 9.94. The first-order chi connectivity index (χ1) is 12.0. The second-order valence-electron chi connectivity index (χ2n) is 5.23. The van der Waals surface area contributed by atoms with E-state index in [4.69, 9.17) is 14.2 Å². The van der Waals surface area contributed by atoms with Crippen molar-refractivity contribution in [2.75, 3.05) is 6.79 Å². The molecule has 130 valence electrons. The van der Waals surface area contributed by atoms with Crippen LogP contribution in [-0.2, 0) is 4.79 Å². The molecule has 2 amide bonds. The van der Waals surface area contributed by atoms with Crippen molar-refractivity contribution in [3.05, 3.63) is 53.8 Å². The third-order valence-electron chi connectivity index (χ3n) is 3.43. The smallest absolute Gasteiger partial charge is 0.279 e. The van der Waals surface area contributed by atoms with Crippen LogP contribution in [0.25, 0.3) is 0 Å². The van der Waals surface area contributed by atoms with Gasteiger partial charge in [0.2, 0.25) is 6.79 Å². The number of hydrazine groups is 1. The van der Waals surface area contributed by atoms with Gasteiger partial charge in [0.05, 0.1) is 0 Å². The number of amides is 2. The fourth-order valence-corrected chi connectivity index (χ4v) is 2.10. The molecule has 0 fully saturated rings. The zero-order valence-corrected chi connectivity index (χ0v) is 13.2. The minimum Gasteiger partial charge on any atom is -0.481 e. The van der Waals surface area contributed by atoms with Gasteiger partial charge in [-0.25, -0.2) is 4.39 Å². The molecule has 0 unspecified atom stereocenters. The molecule has 0 saturated carbocycles. The monoisotopic (exact) mass is 346 g/mol. The molecule has 8 heteroatoms. The Bertz CT molecular complexity index is 794. The van der Waals surface area contributed by atoms with Gasteiger partial charge in [-0.3, -0.25) is 20.4 Å². The number of ether oxygens (including phenoxy) is 3. The number of carbonyl (C=O) groups is 2. The average Bonchev–Trinajstić information content (AvgIpc) is 3.08. The maximum atomic E-state index is 12.8. The molecule has 1 aliphatic heterocycles. The largest absolute Gasteiger partial charge is 0.481 e. The lowest BCUT2D eigenvalue weighted by atomic mass is 10.2. The standard InChI is InChI=1S/C17H15FN2O5/c1-10(25-13-5-3-12(18)4-6-13)16(21)19-20-17(22)11-2-7-14-15(8-11)24-9-23-14/h2-8,10H,9H2,1H3,(H,19,21)(H,20,22)/t10-/m1/s1. The van der Waals surface area contributed by atoms with Crippen LogP contribution < -0.4 is 25.1 Å². The van der Waals surface area contributed by atoms with E-state index in [0.717, 1.165) is 0 Å². The van der Waals surface area contributed by atoms with Gasteiger partial charge >= 0.3 is 0 Å². The molecular weight excluding hydrogens is 331 g/mol. The molecular formula is C17H15FN2O5. The quantitative estimate of drug-likeness (QED) is 0.825. The molecule has 0 aromatic heterocycles. The number of halogens is 1. The molecule has 0 radical (unpaired) electrons. The highest BCUT2D eigenvalue weighted by molar-refractivity contribution is 5.96. The minimum absolute atomic E-state index is 0.107. The van der Waals surface area contributed by atoms with E-state index in [1.807, 2.05) is 0 Å². The molecule has 2 aromatic rings. The van der Waals surface area contributed by atoms with Crippen LogP contribution in [0.2, 0.25) is 0 Å². The summed E-state index contributed by atoms with van der Waals surface area (Å²) in [5.41, 5.74) is 4.86. The summed E-state index contributed by atoms with van der Waals surface area (Å²) in [7, 11) is 0. The Morgan fingerprint density at radius 2 is 1.80 bits per heavy atom. The number of carbonyl (C=O) groups excluding carboxylic acids is 2. The molecule has 0 aliphatic carbocycles. The van der Waals surface area contributed by atoms with Crippen molar-refractivity contribution in [3.8, 4) is 17.2 Å². The summed E-state index contributed by atoms with van der Waals surface area (Å²) in [5.74, 6) is -0.112. The van der Waals surface area contributed by atoms with Crippen LogP contribution in [0.5, 0.6) is 17.2 Å². The fraction of sp³-hybridized carbons (Fsp3) is 0.176. The molecule has 7 nitrogen and oxygen atoms in total. The second kappa shape index (κ2) is 7.08. The molecule has 1 aliphatic rings. The highest BCUT2D eigenvalue weighted by Crippen LogP contribution is 2.32. The molecule has 2 aromatic carbocycles. The van der Waals surface area contributed by atoms with E-state index >= 15 is 0 Å². The Hall–Kier alpha value is -3.29. The fourth-order valence-electron chi connectivity index (χ4n) is 2.10. The van der Waals surface area contributed by atoms with Gasteiger partial charge in [0.15, 0.2) is 17.6 Å². The Kier molecular flexibility index (Phi) is 4.69. The Morgan fingerprint density at radius 1 is 1.08 bits per heavy atom. The number of rotatable bonds is 4. The summed E-state index contributed by atoms with van der Waals surface area (Å²) in [4.78, 5) is 24.0. The van der Waals surface area contributed by atoms with Crippen LogP contribution in [-0.4, -0.2) is 24.7 Å². The van der Waals surface area contributed by atoms with Gasteiger partial charge in [-0.15, -0.1) is 0 Å². The van der Waals surface area contributed by atoms with Crippen molar-refractivity contribution in [3.63, 3.8) is 0 Å². The van der Waals surface area contributed by atoms with E-state index in [1.165, 1.54) is 37.3 Å². The lowest BCUT2D eigenvalue weighted by Gasteiger charge is -2.15. The number of hydrogen-bond donors (Lipinski definition) is 2. The van der Waals surface area contributed by atoms with Gasteiger partial charge in [-0.05, 0) is 49.4 Å². The first kappa shape index (κ1) is 16.6. The van der Waals surface area contributed by atoms with E-state index in [1.54, 1.807) is 12.1 Å². The summed E-state index contributed by atoms with van der Waals surface area (Å²) in [6.07, 6.45) is -0.887. The zero-order chi connectivity index (χ0) is 17.8. The van der Waals surface area contributed by atoms with E-state index in [-0.39, 0.29) is 6.79 Å². The molecule has 0 spiro atoms. The topological polar surface area (TPSA) is 85.9 Å². The van der Waals surface area contributed by atoms with Crippen molar-refractivity contribution in [2.24, 2.45) is 0 Å². The highest BCUT2D eigenvalue weighted by Gasteiger charge is 2.18. The van der Waals surface area contributed by atoms with Crippen LogP contribution in [0.15, 0.2) is 42.5 Å². The number of hydrogen-bond acceptors (Lipinski definition) is 5. The molecule has 25 heavy (non-hydrogen) atoms. The zero-order valence-electron chi connectivity index (χ0n) is 13.2.